The first-order chi connectivity index (χ1) is 12.2. The molecule has 2 aliphatic rings. The van der Waals surface area contributed by atoms with E-state index in [0.717, 1.165) is 16.9 Å². The molecule has 0 amide bonds. The summed E-state index contributed by atoms with van der Waals surface area (Å²) in [5.41, 5.74) is 3.05. The predicted molar refractivity (Wildman–Crippen MR) is 101 cm³/mol. The fourth-order valence-corrected chi connectivity index (χ4v) is 3.67. The molecular formula is C22H28O4. The number of hydrogen-bond acceptors (Lipinski definition) is 4. The van der Waals surface area contributed by atoms with Crippen molar-refractivity contribution < 1.29 is 19.0 Å². The largest absolute Gasteiger partial charge is 0.457 e. The molecule has 140 valence electrons. The maximum atomic E-state index is 12.9. The van der Waals surface area contributed by atoms with Gasteiger partial charge in [0.15, 0.2) is 11.5 Å². The Labute approximate surface area is 155 Å². The Kier molecular flexibility index (Phi) is 4.87. The third-order valence-electron chi connectivity index (χ3n) is 5.24. The first-order valence-electron chi connectivity index (χ1n) is 9.09. The van der Waals surface area contributed by atoms with Crippen molar-refractivity contribution in [1.29, 1.82) is 0 Å². The molecule has 3 unspecified atom stereocenters. The van der Waals surface area contributed by atoms with Gasteiger partial charge in [-0.05, 0) is 49.8 Å². The molecule has 0 radical (unpaired) electrons. The van der Waals surface area contributed by atoms with Crippen LogP contribution in [-0.4, -0.2) is 12.8 Å². The van der Waals surface area contributed by atoms with Gasteiger partial charge in [0.1, 0.15) is 6.10 Å². The minimum atomic E-state index is -0.363. The number of esters is 1. The van der Waals surface area contributed by atoms with Crippen LogP contribution in [0.2, 0.25) is 0 Å². The molecule has 1 saturated carbocycles. The summed E-state index contributed by atoms with van der Waals surface area (Å²) in [6, 6.07) is 5.69. The molecule has 0 N–H and O–H groups in total. The number of carbonyl (C=O) groups is 1. The Morgan fingerprint density at radius 1 is 1.31 bits per heavy atom. The van der Waals surface area contributed by atoms with E-state index in [2.05, 4.69) is 40.3 Å². The van der Waals surface area contributed by atoms with Gasteiger partial charge < -0.3 is 14.2 Å². The van der Waals surface area contributed by atoms with Crippen molar-refractivity contribution in [3.05, 3.63) is 47.6 Å². The van der Waals surface area contributed by atoms with Crippen LogP contribution in [0.3, 0.4) is 0 Å². The van der Waals surface area contributed by atoms with Gasteiger partial charge in [0, 0.05) is 6.42 Å². The Bertz CT molecular complexity index is 755. The monoisotopic (exact) mass is 356 g/mol. The lowest BCUT2D eigenvalue weighted by Crippen LogP contribution is -2.16. The molecule has 1 fully saturated rings. The summed E-state index contributed by atoms with van der Waals surface area (Å²) in [6.07, 6.45) is 2.41. The van der Waals surface area contributed by atoms with Crippen LogP contribution in [0.1, 0.15) is 52.7 Å². The molecule has 0 saturated heterocycles. The summed E-state index contributed by atoms with van der Waals surface area (Å²) in [5.74, 6) is 1.42. The lowest BCUT2D eigenvalue weighted by atomic mass is 10.0. The van der Waals surface area contributed by atoms with E-state index in [0.29, 0.717) is 12.2 Å². The molecule has 1 heterocycles. The first kappa shape index (κ1) is 18.6. The molecule has 1 aliphatic heterocycles. The molecule has 0 bridgehead atoms. The molecular weight excluding hydrogens is 328 g/mol. The van der Waals surface area contributed by atoms with Gasteiger partial charge in [-0.2, -0.15) is 0 Å². The zero-order valence-corrected chi connectivity index (χ0v) is 16.3. The van der Waals surface area contributed by atoms with Crippen molar-refractivity contribution in [3.63, 3.8) is 0 Å². The summed E-state index contributed by atoms with van der Waals surface area (Å²) in [5, 5.41) is 0. The normalized spacial score (nSPS) is 23.1. The van der Waals surface area contributed by atoms with E-state index in [1.54, 1.807) is 0 Å². The minimum absolute atomic E-state index is 0.0585. The summed E-state index contributed by atoms with van der Waals surface area (Å²) < 4.78 is 16.8. The molecule has 26 heavy (non-hydrogen) atoms. The average Bonchev–Trinajstić information content (AvgIpc) is 2.90. The SMILES string of the molecule is C=C(C)CC(OC(=O)C1C(C=C(C)C)C1(C)C)c1ccc2c(c1)OCO2. The van der Waals surface area contributed by atoms with E-state index in [4.69, 9.17) is 14.2 Å². The van der Waals surface area contributed by atoms with Gasteiger partial charge in [-0.15, -0.1) is 0 Å². The molecule has 0 aromatic heterocycles. The highest BCUT2D eigenvalue weighted by Crippen LogP contribution is 2.60. The van der Waals surface area contributed by atoms with Crippen LogP contribution >= 0.6 is 0 Å². The summed E-state index contributed by atoms with van der Waals surface area (Å²) >= 11 is 0. The highest BCUT2D eigenvalue weighted by molar-refractivity contribution is 5.78. The van der Waals surface area contributed by atoms with Gasteiger partial charge in [-0.3, -0.25) is 4.79 Å². The van der Waals surface area contributed by atoms with Crippen LogP contribution < -0.4 is 9.47 Å². The molecule has 1 aromatic rings. The Morgan fingerprint density at radius 3 is 2.65 bits per heavy atom. The Morgan fingerprint density at radius 2 is 2.00 bits per heavy atom. The van der Waals surface area contributed by atoms with Crippen LogP contribution in [0.15, 0.2) is 42.0 Å². The lowest BCUT2D eigenvalue weighted by Gasteiger charge is -2.19. The Hall–Kier alpha value is -2.23. The van der Waals surface area contributed by atoms with Gasteiger partial charge in [0.2, 0.25) is 6.79 Å². The van der Waals surface area contributed by atoms with Crippen molar-refractivity contribution in [2.45, 2.75) is 47.1 Å². The van der Waals surface area contributed by atoms with E-state index in [1.165, 1.54) is 5.57 Å². The van der Waals surface area contributed by atoms with Crippen molar-refractivity contribution in [1.82, 2.24) is 0 Å². The average molecular weight is 356 g/mol. The van der Waals surface area contributed by atoms with Crippen molar-refractivity contribution in [3.8, 4) is 11.5 Å². The van der Waals surface area contributed by atoms with Crippen LogP contribution in [-0.2, 0) is 9.53 Å². The molecule has 4 heteroatoms. The zero-order valence-electron chi connectivity index (χ0n) is 16.3. The second-order valence-corrected chi connectivity index (χ2v) is 8.27. The number of allylic oxidation sites excluding steroid dienone is 2. The molecule has 1 aromatic carbocycles. The summed E-state index contributed by atoms with van der Waals surface area (Å²) in [7, 11) is 0. The van der Waals surface area contributed by atoms with E-state index < -0.39 is 0 Å². The molecule has 1 aliphatic carbocycles. The number of ether oxygens (including phenoxy) is 3. The van der Waals surface area contributed by atoms with Crippen LogP contribution in [0.25, 0.3) is 0 Å². The maximum absolute atomic E-state index is 12.9. The number of carbonyl (C=O) groups excluding carboxylic acids is 1. The van der Waals surface area contributed by atoms with Gasteiger partial charge >= 0.3 is 5.97 Å². The van der Waals surface area contributed by atoms with Gasteiger partial charge in [-0.1, -0.05) is 43.7 Å². The molecule has 4 nitrogen and oxygen atoms in total. The van der Waals surface area contributed by atoms with Gasteiger partial charge in [0.25, 0.3) is 0 Å². The van der Waals surface area contributed by atoms with E-state index in [9.17, 15) is 4.79 Å². The number of hydrogen-bond donors (Lipinski definition) is 0. The molecule has 3 atom stereocenters. The third kappa shape index (κ3) is 3.64. The number of fused-ring (bicyclic) bond motifs is 1. The number of benzene rings is 1. The van der Waals surface area contributed by atoms with E-state index in [1.807, 2.05) is 25.1 Å². The fourth-order valence-electron chi connectivity index (χ4n) is 3.67. The van der Waals surface area contributed by atoms with E-state index in [-0.39, 0.29) is 36.1 Å². The van der Waals surface area contributed by atoms with Gasteiger partial charge in [-0.25, -0.2) is 0 Å². The molecule has 0 spiro atoms. The lowest BCUT2D eigenvalue weighted by molar-refractivity contribution is -0.152. The van der Waals surface area contributed by atoms with Gasteiger partial charge in [0.05, 0.1) is 5.92 Å². The minimum Gasteiger partial charge on any atom is -0.457 e. The van der Waals surface area contributed by atoms with Crippen molar-refractivity contribution in [2.24, 2.45) is 17.3 Å². The van der Waals surface area contributed by atoms with Crippen LogP contribution in [0.5, 0.6) is 11.5 Å². The quantitative estimate of drug-likeness (QED) is 0.519. The van der Waals surface area contributed by atoms with Crippen LogP contribution in [0, 0.1) is 17.3 Å². The van der Waals surface area contributed by atoms with Crippen LogP contribution in [0.4, 0.5) is 0 Å². The summed E-state index contributed by atoms with van der Waals surface area (Å²) in [6.45, 7) is 14.5. The highest BCUT2D eigenvalue weighted by atomic mass is 16.7. The van der Waals surface area contributed by atoms with E-state index >= 15 is 0 Å². The maximum Gasteiger partial charge on any atom is 0.310 e. The smallest absolute Gasteiger partial charge is 0.310 e. The highest BCUT2D eigenvalue weighted by Gasteiger charge is 2.61. The third-order valence-corrected chi connectivity index (χ3v) is 5.24. The zero-order chi connectivity index (χ0) is 19.1. The fraction of sp³-hybridized carbons (Fsp3) is 0.500. The van der Waals surface area contributed by atoms with Crippen molar-refractivity contribution >= 4 is 5.97 Å². The molecule has 3 rings (SSSR count). The topological polar surface area (TPSA) is 44.8 Å². The second-order valence-electron chi connectivity index (χ2n) is 8.27. The second kappa shape index (κ2) is 6.82. The summed E-state index contributed by atoms with van der Waals surface area (Å²) in [4.78, 5) is 12.9. The Balaban J connectivity index is 1.78. The first-order valence-corrected chi connectivity index (χ1v) is 9.09. The standard InChI is InChI=1S/C22H28O4/c1-13(2)9-16-20(22(16,5)6)21(23)26-18(10-14(3)4)15-7-8-17-19(11-15)25-12-24-17/h7-9,11,16,18,20H,3,10,12H2,1-2,4-6H3. The number of rotatable bonds is 6. The predicted octanol–water partition coefficient (Wildman–Crippen LogP) is 5.20. The van der Waals surface area contributed by atoms with Crippen molar-refractivity contribution in [2.75, 3.05) is 6.79 Å².